The van der Waals surface area contributed by atoms with Gasteiger partial charge in [0.05, 0.1) is 11.1 Å². The Morgan fingerprint density at radius 1 is 0.935 bits per heavy atom. The first-order chi connectivity index (χ1) is 21.7. The summed E-state index contributed by atoms with van der Waals surface area (Å²) in [5.41, 5.74) is 2.35. The molecule has 12 heteroatoms. The number of aromatic nitrogens is 2. The Labute approximate surface area is 285 Å². The summed E-state index contributed by atoms with van der Waals surface area (Å²) in [6, 6.07) is 20.4. The lowest BCUT2D eigenvalue weighted by atomic mass is 10.1. The molecule has 3 aromatic carbocycles. The van der Waals surface area contributed by atoms with Gasteiger partial charge in [0.2, 0.25) is 0 Å². The van der Waals surface area contributed by atoms with Gasteiger partial charge < -0.3 is 19.3 Å². The van der Waals surface area contributed by atoms with Crippen molar-refractivity contribution in [1.82, 2.24) is 9.55 Å². The fourth-order valence-electron chi connectivity index (χ4n) is 4.54. The highest BCUT2D eigenvalue weighted by Crippen LogP contribution is 2.36. The van der Waals surface area contributed by atoms with Crippen LogP contribution in [0.2, 0.25) is 51.4 Å². The Balaban J connectivity index is 1.82. The summed E-state index contributed by atoms with van der Waals surface area (Å²) in [5.74, 6) is -0.102. The Morgan fingerprint density at radius 2 is 1.61 bits per heavy atom. The van der Waals surface area contributed by atoms with Gasteiger partial charge in [-0.05, 0) is 35.9 Å². The van der Waals surface area contributed by atoms with Crippen molar-refractivity contribution in [2.75, 3.05) is 20.0 Å². The molecule has 8 nitrogen and oxygen atoms in total. The highest BCUT2D eigenvalue weighted by molar-refractivity contribution is 9.10. The third kappa shape index (κ3) is 10.1. The number of aromatic carboxylic acids is 1. The summed E-state index contributed by atoms with van der Waals surface area (Å²) in [4.78, 5) is 32.0. The lowest BCUT2D eigenvalue weighted by molar-refractivity contribution is 0.0228. The van der Waals surface area contributed by atoms with Gasteiger partial charge in [-0.25, -0.2) is 9.78 Å². The molecule has 1 aromatic heterocycles. The standard InChI is InChI=1S/C34H43BrN2O6SSi2/c1-45(2,3)17-15-41-22-37-28-19-25(35)20-29(43-23-42-16-18-46(4,5)6)31(28)36-30(33(37)38)26-13-10-14-27(34(39)40)32(26)44-21-24-11-8-7-9-12-24/h7-14,19-20H,15-18,21-23H2,1-6H3,(H,39,40). The predicted molar refractivity (Wildman–Crippen MR) is 196 cm³/mol. The molecule has 0 unspecified atom stereocenters. The minimum Gasteiger partial charge on any atom is -0.478 e. The van der Waals surface area contributed by atoms with Gasteiger partial charge in [0.25, 0.3) is 5.56 Å². The van der Waals surface area contributed by atoms with Gasteiger partial charge in [-0.3, -0.25) is 9.36 Å². The maximum Gasteiger partial charge on any atom is 0.336 e. The van der Waals surface area contributed by atoms with Crippen molar-refractivity contribution in [3.63, 3.8) is 0 Å². The molecule has 0 aliphatic rings. The molecule has 0 radical (unpaired) electrons. The van der Waals surface area contributed by atoms with E-state index in [4.69, 9.17) is 19.2 Å². The van der Waals surface area contributed by atoms with Gasteiger partial charge in [0, 0.05) is 50.0 Å². The summed E-state index contributed by atoms with van der Waals surface area (Å²) < 4.78 is 20.3. The average Bonchev–Trinajstić information content (AvgIpc) is 2.98. The van der Waals surface area contributed by atoms with Gasteiger partial charge in [-0.15, -0.1) is 11.8 Å². The van der Waals surface area contributed by atoms with Gasteiger partial charge >= 0.3 is 5.97 Å². The summed E-state index contributed by atoms with van der Waals surface area (Å²) in [6.45, 7) is 14.9. The number of thioether (sulfide) groups is 1. The van der Waals surface area contributed by atoms with Crippen molar-refractivity contribution in [1.29, 1.82) is 0 Å². The number of fused-ring (bicyclic) bond motifs is 1. The number of carboxylic acids is 1. The second kappa shape index (κ2) is 15.9. The van der Waals surface area contributed by atoms with Crippen molar-refractivity contribution < 1.29 is 24.1 Å². The first-order valence-corrected chi connectivity index (χ1v) is 24.5. The van der Waals surface area contributed by atoms with E-state index in [0.29, 0.717) is 50.7 Å². The van der Waals surface area contributed by atoms with Crippen LogP contribution in [-0.2, 0) is 22.0 Å². The van der Waals surface area contributed by atoms with Crippen LogP contribution in [-0.4, -0.2) is 56.8 Å². The molecular weight excluding hydrogens is 701 g/mol. The van der Waals surface area contributed by atoms with Crippen molar-refractivity contribution in [2.45, 2.75) is 68.7 Å². The van der Waals surface area contributed by atoms with Crippen LogP contribution in [0.15, 0.2) is 74.8 Å². The molecule has 0 aliphatic carbocycles. The molecular formula is C34H43BrN2O6SSi2. The molecule has 0 atom stereocenters. The first-order valence-electron chi connectivity index (χ1n) is 15.3. The van der Waals surface area contributed by atoms with Crippen LogP contribution in [0.25, 0.3) is 22.3 Å². The quantitative estimate of drug-likeness (QED) is 0.0526. The molecule has 0 bridgehead atoms. The summed E-state index contributed by atoms with van der Waals surface area (Å²) in [6.07, 6.45) is 0. The molecule has 46 heavy (non-hydrogen) atoms. The lowest BCUT2D eigenvalue weighted by Gasteiger charge is -2.19. The summed E-state index contributed by atoms with van der Waals surface area (Å²) in [7, 11) is -2.63. The predicted octanol–water partition coefficient (Wildman–Crippen LogP) is 8.82. The van der Waals surface area contributed by atoms with Crippen LogP contribution in [0.3, 0.4) is 0 Å². The maximum atomic E-state index is 14.3. The molecule has 0 fully saturated rings. The van der Waals surface area contributed by atoms with Crippen molar-refractivity contribution in [3.8, 4) is 17.0 Å². The highest BCUT2D eigenvalue weighted by Gasteiger charge is 2.23. The third-order valence-electron chi connectivity index (χ3n) is 7.22. The normalized spacial score (nSPS) is 12.1. The number of ether oxygens (including phenoxy) is 3. The monoisotopic (exact) mass is 742 g/mol. The number of hydrogen-bond acceptors (Lipinski definition) is 7. The van der Waals surface area contributed by atoms with E-state index in [1.165, 1.54) is 11.8 Å². The van der Waals surface area contributed by atoms with E-state index in [1.54, 1.807) is 28.8 Å². The molecule has 0 saturated heterocycles. The number of hydrogen-bond donors (Lipinski definition) is 1. The van der Waals surface area contributed by atoms with Crippen LogP contribution in [0.4, 0.5) is 0 Å². The third-order valence-corrected chi connectivity index (χ3v) is 12.3. The van der Waals surface area contributed by atoms with E-state index in [-0.39, 0.29) is 30.3 Å². The largest absolute Gasteiger partial charge is 0.478 e. The average molecular weight is 744 g/mol. The van der Waals surface area contributed by atoms with Gasteiger partial charge in [0.15, 0.2) is 12.5 Å². The van der Waals surface area contributed by atoms with Crippen LogP contribution in [0, 0.1) is 0 Å². The maximum absolute atomic E-state index is 14.3. The van der Waals surface area contributed by atoms with Crippen molar-refractivity contribution in [2.24, 2.45) is 0 Å². The lowest BCUT2D eigenvalue weighted by Crippen LogP contribution is -2.27. The van der Waals surface area contributed by atoms with Crippen LogP contribution in [0.1, 0.15) is 15.9 Å². The van der Waals surface area contributed by atoms with Crippen LogP contribution in [0.5, 0.6) is 5.75 Å². The smallest absolute Gasteiger partial charge is 0.336 e. The molecule has 246 valence electrons. The summed E-state index contributed by atoms with van der Waals surface area (Å²) in [5, 5.41) is 10.1. The minimum absolute atomic E-state index is 0.0169. The molecule has 0 saturated carbocycles. The second-order valence-corrected chi connectivity index (χ2v) is 26.7. The highest BCUT2D eigenvalue weighted by atomic mass is 79.9. The number of carboxylic acid groups (broad SMARTS) is 1. The Morgan fingerprint density at radius 3 is 2.26 bits per heavy atom. The number of halogens is 1. The Kier molecular flexibility index (Phi) is 12.5. The minimum atomic E-state index is -1.36. The van der Waals surface area contributed by atoms with E-state index in [9.17, 15) is 14.7 Å². The van der Waals surface area contributed by atoms with Crippen molar-refractivity contribution >= 4 is 60.8 Å². The van der Waals surface area contributed by atoms with Crippen LogP contribution >= 0.6 is 27.7 Å². The molecule has 0 amide bonds. The number of nitrogens with zero attached hydrogens (tertiary/aromatic N) is 2. The van der Waals surface area contributed by atoms with Gasteiger partial charge in [0.1, 0.15) is 17.9 Å². The molecule has 0 spiro atoms. The molecule has 4 aromatic rings. The van der Waals surface area contributed by atoms with E-state index in [1.807, 2.05) is 36.4 Å². The van der Waals surface area contributed by atoms with Crippen LogP contribution < -0.4 is 10.3 Å². The fourth-order valence-corrected chi connectivity index (χ4v) is 7.62. The Hall–Kier alpha value is -2.75. The molecule has 4 rings (SSSR count). The zero-order valence-electron chi connectivity index (χ0n) is 27.4. The van der Waals surface area contributed by atoms with E-state index < -0.39 is 22.1 Å². The van der Waals surface area contributed by atoms with E-state index >= 15 is 0 Å². The topological polar surface area (TPSA) is 99.9 Å². The zero-order chi connectivity index (χ0) is 33.5. The number of carbonyl (C=O) groups is 1. The molecule has 1 N–H and O–H groups in total. The SMILES string of the molecule is C[Si](C)(C)CCOCOc1cc(Br)cc2c1nc(-c1cccc(C(=O)O)c1SCc1ccccc1)c(=O)n2COCC[Si](C)(C)C. The Bertz CT molecular complexity index is 1720. The van der Waals surface area contributed by atoms with E-state index in [0.717, 1.165) is 17.7 Å². The first kappa shape index (κ1) is 36.1. The zero-order valence-corrected chi connectivity index (χ0v) is 31.8. The fraction of sp³-hybridized carbons (Fsp3) is 0.382. The molecule has 1 heterocycles. The summed E-state index contributed by atoms with van der Waals surface area (Å²) >= 11 is 4.95. The van der Waals surface area contributed by atoms with Gasteiger partial charge in [-0.2, -0.15) is 0 Å². The van der Waals surface area contributed by atoms with Crippen molar-refractivity contribution in [3.05, 3.63) is 86.6 Å². The second-order valence-electron chi connectivity index (χ2n) is 13.6. The van der Waals surface area contributed by atoms with Gasteiger partial charge in [-0.1, -0.05) is 97.7 Å². The number of rotatable bonds is 16. The number of benzene rings is 3. The molecule has 0 aliphatic heterocycles. The van der Waals surface area contributed by atoms with E-state index in [2.05, 4.69) is 55.2 Å².